The van der Waals surface area contributed by atoms with Gasteiger partial charge in [-0.2, -0.15) is 0 Å². The van der Waals surface area contributed by atoms with E-state index in [4.69, 9.17) is 5.73 Å². The molecule has 0 aromatic carbocycles. The van der Waals surface area contributed by atoms with Crippen LogP contribution in [0.15, 0.2) is 18.3 Å². The predicted molar refractivity (Wildman–Crippen MR) is 65.6 cm³/mol. The van der Waals surface area contributed by atoms with Crippen LogP contribution in [0.3, 0.4) is 0 Å². The molecule has 0 aliphatic heterocycles. The molecule has 0 saturated heterocycles. The summed E-state index contributed by atoms with van der Waals surface area (Å²) < 4.78 is 0. The van der Waals surface area contributed by atoms with Gasteiger partial charge in [0, 0.05) is 18.9 Å². The van der Waals surface area contributed by atoms with Crippen molar-refractivity contribution in [2.75, 3.05) is 11.5 Å². The van der Waals surface area contributed by atoms with Crippen molar-refractivity contribution < 1.29 is 4.79 Å². The quantitative estimate of drug-likeness (QED) is 0.852. The van der Waals surface area contributed by atoms with E-state index in [9.17, 15) is 4.79 Å². The summed E-state index contributed by atoms with van der Waals surface area (Å²) in [4.78, 5) is 14.7. The first-order chi connectivity index (χ1) is 7.09. The van der Waals surface area contributed by atoms with Gasteiger partial charge in [-0.3, -0.25) is 4.79 Å². The lowest BCUT2D eigenvalue weighted by molar-refractivity contribution is -0.109. The van der Waals surface area contributed by atoms with E-state index >= 15 is 0 Å². The number of anilines is 1. The first kappa shape index (κ1) is 11.8. The van der Waals surface area contributed by atoms with Crippen LogP contribution in [0, 0.1) is 6.92 Å². The van der Waals surface area contributed by atoms with Crippen LogP contribution in [0.25, 0.3) is 6.08 Å². The molecule has 0 aliphatic rings. The highest BCUT2D eigenvalue weighted by Crippen LogP contribution is 2.12. The fourth-order valence-electron chi connectivity index (χ4n) is 1.10. The van der Waals surface area contributed by atoms with E-state index < -0.39 is 0 Å². The molecule has 0 radical (unpaired) electrons. The van der Waals surface area contributed by atoms with Crippen molar-refractivity contribution in [2.45, 2.75) is 13.8 Å². The number of aryl methyl sites for hydroxylation is 1. The first-order valence-electron chi connectivity index (χ1n) is 4.61. The fourth-order valence-corrected chi connectivity index (χ4v) is 1.53. The van der Waals surface area contributed by atoms with Crippen LogP contribution in [0.2, 0.25) is 0 Å². The Morgan fingerprint density at radius 2 is 2.40 bits per heavy atom. The SMILES string of the molecule is CC(=O)SCC=Cc1cnc(N)cc1C. The van der Waals surface area contributed by atoms with Crippen molar-refractivity contribution in [3.8, 4) is 0 Å². The summed E-state index contributed by atoms with van der Waals surface area (Å²) in [6.07, 6.45) is 5.64. The van der Waals surface area contributed by atoms with Crippen molar-refractivity contribution in [2.24, 2.45) is 0 Å². The molecular formula is C11H14N2OS. The van der Waals surface area contributed by atoms with Gasteiger partial charge in [-0.15, -0.1) is 0 Å². The highest BCUT2D eigenvalue weighted by molar-refractivity contribution is 8.13. The van der Waals surface area contributed by atoms with E-state index in [-0.39, 0.29) is 5.12 Å². The molecule has 0 amide bonds. The van der Waals surface area contributed by atoms with Crippen LogP contribution in [-0.4, -0.2) is 15.9 Å². The normalized spacial score (nSPS) is 10.8. The zero-order chi connectivity index (χ0) is 11.3. The minimum atomic E-state index is 0.131. The Bertz CT molecular complexity index is 388. The third kappa shape index (κ3) is 4.16. The van der Waals surface area contributed by atoms with Crippen molar-refractivity contribution in [3.63, 3.8) is 0 Å². The van der Waals surface area contributed by atoms with Gasteiger partial charge in [0.2, 0.25) is 0 Å². The maximum absolute atomic E-state index is 10.7. The standard InChI is InChI=1S/C11H14N2OS/c1-8-6-11(12)13-7-10(8)4-3-5-15-9(2)14/h3-4,6-7H,5H2,1-2H3,(H2,12,13). The van der Waals surface area contributed by atoms with Gasteiger partial charge < -0.3 is 5.73 Å². The molecule has 0 unspecified atom stereocenters. The number of thioether (sulfide) groups is 1. The maximum atomic E-state index is 10.7. The number of aromatic nitrogens is 1. The van der Waals surface area contributed by atoms with Crippen LogP contribution in [0.1, 0.15) is 18.1 Å². The molecule has 80 valence electrons. The van der Waals surface area contributed by atoms with Gasteiger partial charge in [-0.05, 0) is 24.1 Å². The monoisotopic (exact) mass is 222 g/mol. The van der Waals surface area contributed by atoms with Crippen molar-refractivity contribution in [1.29, 1.82) is 0 Å². The maximum Gasteiger partial charge on any atom is 0.186 e. The molecule has 2 N–H and O–H groups in total. The van der Waals surface area contributed by atoms with E-state index in [1.165, 1.54) is 11.8 Å². The van der Waals surface area contributed by atoms with Crippen LogP contribution >= 0.6 is 11.8 Å². The minimum Gasteiger partial charge on any atom is -0.384 e. The van der Waals surface area contributed by atoms with Gasteiger partial charge in [0.15, 0.2) is 5.12 Å². The van der Waals surface area contributed by atoms with Gasteiger partial charge in [0.25, 0.3) is 0 Å². The third-order valence-corrected chi connectivity index (χ3v) is 2.62. The van der Waals surface area contributed by atoms with Crippen LogP contribution in [-0.2, 0) is 4.79 Å². The van der Waals surface area contributed by atoms with E-state index in [1.54, 1.807) is 13.1 Å². The number of nitrogen functional groups attached to an aromatic ring is 1. The first-order valence-corrected chi connectivity index (χ1v) is 5.60. The lowest BCUT2D eigenvalue weighted by Gasteiger charge is -2.00. The Morgan fingerprint density at radius 1 is 1.67 bits per heavy atom. The second kappa shape index (κ2) is 5.56. The number of hydrogen-bond acceptors (Lipinski definition) is 4. The molecule has 0 atom stereocenters. The summed E-state index contributed by atoms with van der Waals surface area (Å²) in [5, 5.41) is 0.131. The molecule has 0 saturated carbocycles. The van der Waals surface area contributed by atoms with E-state index in [1.807, 2.05) is 25.1 Å². The number of rotatable bonds is 3. The number of nitrogens with two attached hydrogens (primary N) is 1. The highest BCUT2D eigenvalue weighted by Gasteiger charge is 1.95. The molecule has 15 heavy (non-hydrogen) atoms. The molecule has 1 rings (SSSR count). The molecular weight excluding hydrogens is 208 g/mol. The molecule has 0 aliphatic carbocycles. The summed E-state index contributed by atoms with van der Waals surface area (Å²) >= 11 is 1.29. The minimum absolute atomic E-state index is 0.131. The van der Waals surface area contributed by atoms with Gasteiger partial charge >= 0.3 is 0 Å². The number of carbonyl (C=O) groups excluding carboxylic acids is 1. The summed E-state index contributed by atoms with van der Waals surface area (Å²) in [5.41, 5.74) is 7.66. The Labute approximate surface area is 93.8 Å². The van der Waals surface area contributed by atoms with Crippen LogP contribution in [0.5, 0.6) is 0 Å². The summed E-state index contributed by atoms with van der Waals surface area (Å²) in [6, 6.07) is 1.83. The number of hydrogen-bond donors (Lipinski definition) is 1. The predicted octanol–water partition coefficient (Wildman–Crippen LogP) is 2.27. The molecule has 0 fully saturated rings. The summed E-state index contributed by atoms with van der Waals surface area (Å²) in [6.45, 7) is 3.55. The Morgan fingerprint density at radius 3 is 3.00 bits per heavy atom. The molecule has 1 heterocycles. The van der Waals surface area contributed by atoms with E-state index in [0.717, 1.165) is 11.1 Å². The zero-order valence-corrected chi connectivity index (χ0v) is 9.67. The van der Waals surface area contributed by atoms with Crippen molar-refractivity contribution in [1.82, 2.24) is 4.98 Å². The van der Waals surface area contributed by atoms with Crippen LogP contribution in [0.4, 0.5) is 5.82 Å². The molecule has 1 aromatic rings. The lowest BCUT2D eigenvalue weighted by atomic mass is 10.1. The Kier molecular flexibility index (Phi) is 4.37. The lowest BCUT2D eigenvalue weighted by Crippen LogP contribution is -1.92. The van der Waals surface area contributed by atoms with Crippen molar-refractivity contribution >= 4 is 28.8 Å². The molecule has 1 aromatic heterocycles. The summed E-state index contributed by atoms with van der Waals surface area (Å²) in [7, 11) is 0. The molecule has 4 heteroatoms. The van der Waals surface area contributed by atoms with Gasteiger partial charge in [-0.25, -0.2) is 4.98 Å². The van der Waals surface area contributed by atoms with E-state index in [0.29, 0.717) is 11.6 Å². The van der Waals surface area contributed by atoms with Gasteiger partial charge in [-0.1, -0.05) is 23.9 Å². The second-order valence-electron chi connectivity index (χ2n) is 3.17. The number of nitrogens with zero attached hydrogens (tertiary/aromatic N) is 1. The largest absolute Gasteiger partial charge is 0.384 e. The zero-order valence-electron chi connectivity index (χ0n) is 8.86. The van der Waals surface area contributed by atoms with Crippen molar-refractivity contribution in [3.05, 3.63) is 29.5 Å². The molecule has 0 spiro atoms. The van der Waals surface area contributed by atoms with Crippen LogP contribution < -0.4 is 5.73 Å². The average Bonchev–Trinajstić information content (AvgIpc) is 2.14. The van der Waals surface area contributed by atoms with Gasteiger partial charge in [0.05, 0.1) is 0 Å². The Hall–Kier alpha value is -1.29. The topological polar surface area (TPSA) is 56.0 Å². The molecule has 3 nitrogen and oxygen atoms in total. The summed E-state index contributed by atoms with van der Waals surface area (Å²) in [5.74, 6) is 1.22. The van der Waals surface area contributed by atoms with E-state index in [2.05, 4.69) is 4.98 Å². The highest BCUT2D eigenvalue weighted by atomic mass is 32.2. The number of pyridine rings is 1. The number of carbonyl (C=O) groups is 1. The fraction of sp³-hybridized carbons (Fsp3) is 0.273. The smallest absolute Gasteiger partial charge is 0.186 e. The Balaban J connectivity index is 2.60. The average molecular weight is 222 g/mol. The molecule has 0 bridgehead atoms. The van der Waals surface area contributed by atoms with Gasteiger partial charge in [0.1, 0.15) is 5.82 Å². The third-order valence-electron chi connectivity index (χ3n) is 1.85. The second-order valence-corrected chi connectivity index (χ2v) is 4.37.